The molecular formula is C17H34N2. The Morgan fingerprint density at radius 1 is 1.05 bits per heavy atom. The summed E-state index contributed by atoms with van der Waals surface area (Å²) >= 11 is 0. The van der Waals surface area contributed by atoms with E-state index in [1.807, 2.05) is 0 Å². The van der Waals surface area contributed by atoms with Crippen LogP contribution in [-0.2, 0) is 0 Å². The Balaban J connectivity index is 1.97. The summed E-state index contributed by atoms with van der Waals surface area (Å²) in [7, 11) is 2.33. The largest absolute Gasteiger partial charge is 0.326 e. The molecular weight excluding hydrogens is 232 g/mol. The lowest BCUT2D eigenvalue weighted by molar-refractivity contribution is 0.0332. The van der Waals surface area contributed by atoms with E-state index < -0.39 is 0 Å². The zero-order chi connectivity index (χ0) is 14.2. The molecule has 0 heterocycles. The van der Waals surface area contributed by atoms with Crippen molar-refractivity contribution in [2.75, 3.05) is 7.05 Å². The summed E-state index contributed by atoms with van der Waals surface area (Å²) in [5.41, 5.74) is 7.04. The summed E-state index contributed by atoms with van der Waals surface area (Å²) in [5, 5.41) is 0. The van der Waals surface area contributed by atoms with Gasteiger partial charge in [-0.05, 0) is 62.8 Å². The first-order chi connectivity index (χ1) is 8.80. The first-order valence-electron chi connectivity index (χ1n) is 8.27. The second kappa shape index (κ2) is 5.73. The van der Waals surface area contributed by atoms with Gasteiger partial charge < -0.3 is 5.73 Å². The molecule has 112 valence electrons. The molecule has 0 amide bonds. The maximum absolute atomic E-state index is 6.48. The van der Waals surface area contributed by atoms with Gasteiger partial charge in [-0.3, -0.25) is 4.90 Å². The van der Waals surface area contributed by atoms with Gasteiger partial charge in [-0.25, -0.2) is 0 Å². The number of nitrogens with zero attached hydrogens (tertiary/aromatic N) is 1. The van der Waals surface area contributed by atoms with E-state index in [9.17, 15) is 0 Å². The highest BCUT2D eigenvalue weighted by atomic mass is 15.2. The molecule has 2 aliphatic carbocycles. The van der Waals surface area contributed by atoms with Gasteiger partial charge in [0.15, 0.2) is 0 Å². The second-order valence-electron chi connectivity index (χ2n) is 8.27. The van der Waals surface area contributed by atoms with Crippen molar-refractivity contribution in [2.45, 2.75) is 84.3 Å². The van der Waals surface area contributed by atoms with Crippen molar-refractivity contribution in [3.05, 3.63) is 0 Å². The van der Waals surface area contributed by atoms with Gasteiger partial charge in [-0.2, -0.15) is 0 Å². The Morgan fingerprint density at radius 2 is 1.63 bits per heavy atom. The van der Waals surface area contributed by atoms with Crippen LogP contribution in [0.3, 0.4) is 0 Å². The van der Waals surface area contributed by atoms with Crippen molar-refractivity contribution in [3.8, 4) is 0 Å². The zero-order valence-corrected chi connectivity index (χ0v) is 13.7. The summed E-state index contributed by atoms with van der Waals surface area (Å²) in [6.45, 7) is 9.60. The molecule has 0 aromatic rings. The van der Waals surface area contributed by atoms with Gasteiger partial charge in [0, 0.05) is 18.1 Å². The molecule has 0 aromatic carbocycles. The monoisotopic (exact) mass is 266 g/mol. The van der Waals surface area contributed by atoms with Gasteiger partial charge in [0.2, 0.25) is 0 Å². The predicted octanol–water partition coefficient (Wildman–Crippen LogP) is 3.65. The first kappa shape index (κ1) is 15.3. The number of rotatable bonds is 2. The molecule has 0 bridgehead atoms. The lowest BCUT2D eigenvalue weighted by Gasteiger charge is -2.48. The summed E-state index contributed by atoms with van der Waals surface area (Å²) in [5.74, 6) is 1.55. The molecule has 0 radical (unpaired) electrons. The molecule has 2 saturated carbocycles. The molecule has 4 atom stereocenters. The zero-order valence-electron chi connectivity index (χ0n) is 13.7. The molecule has 2 N–H and O–H groups in total. The Labute approximate surface area is 120 Å². The molecule has 2 nitrogen and oxygen atoms in total. The van der Waals surface area contributed by atoms with Gasteiger partial charge in [-0.15, -0.1) is 0 Å². The van der Waals surface area contributed by atoms with Crippen molar-refractivity contribution in [2.24, 2.45) is 23.0 Å². The normalized spacial score (nSPS) is 40.6. The number of nitrogens with two attached hydrogens (primary N) is 1. The Bertz CT molecular complexity index is 278. The molecule has 2 rings (SSSR count). The average molecular weight is 266 g/mol. The highest BCUT2D eigenvalue weighted by Crippen LogP contribution is 2.39. The van der Waals surface area contributed by atoms with Crippen LogP contribution in [0.15, 0.2) is 0 Å². The molecule has 19 heavy (non-hydrogen) atoms. The van der Waals surface area contributed by atoms with Crippen LogP contribution in [0.4, 0.5) is 0 Å². The third kappa shape index (κ3) is 3.52. The molecule has 0 saturated heterocycles. The van der Waals surface area contributed by atoms with Crippen LogP contribution < -0.4 is 5.73 Å². The molecule has 2 heteroatoms. The fourth-order valence-electron chi connectivity index (χ4n) is 4.63. The van der Waals surface area contributed by atoms with Crippen LogP contribution in [-0.4, -0.2) is 30.1 Å². The van der Waals surface area contributed by atoms with Crippen LogP contribution in [0, 0.1) is 17.3 Å². The van der Waals surface area contributed by atoms with E-state index in [4.69, 9.17) is 5.73 Å². The molecule has 0 aliphatic heterocycles. The van der Waals surface area contributed by atoms with Crippen molar-refractivity contribution >= 4 is 0 Å². The highest BCUT2D eigenvalue weighted by Gasteiger charge is 2.38. The third-order valence-corrected chi connectivity index (χ3v) is 5.83. The van der Waals surface area contributed by atoms with E-state index in [2.05, 4.69) is 39.6 Å². The van der Waals surface area contributed by atoms with Crippen LogP contribution >= 0.6 is 0 Å². The lowest BCUT2D eigenvalue weighted by atomic mass is 9.72. The van der Waals surface area contributed by atoms with Crippen LogP contribution in [0.2, 0.25) is 0 Å². The maximum Gasteiger partial charge on any atom is 0.0272 e. The van der Waals surface area contributed by atoms with Crippen LogP contribution in [0.1, 0.15) is 66.2 Å². The number of likely N-dealkylation sites (N-methyl/N-ethyl adjacent to an activating group) is 1. The topological polar surface area (TPSA) is 29.3 Å². The van der Waals surface area contributed by atoms with Gasteiger partial charge in [0.05, 0.1) is 0 Å². The molecule has 0 spiro atoms. The number of hydrogen-bond acceptors (Lipinski definition) is 2. The first-order valence-corrected chi connectivity index (χ1v) is 8.27. The van der Waals surface area contributed by atoms with Crippen LogP contribution in [0.25, 0.3) is 0 Å². The minimum Gasteiger partial charge on any atom is -0.326 e. The average Bonchev–Trinajstić information content (AvgIpc) is 2.27. The van der Waals surface area contributed by atoms with E-state index in [1.54, 1.807) is 0 Å². The summed E-state index contributed by atoms with van der Waals surface area (Å²) < 4.78 is 0. The van der Waals surface area contributed by atoms with Gasteiger partial charge in [-0.1, -0.05) is 27.7 Å². The Morgan fingerprint density at radius 3 is 2.16 bits per heavy atom. The maximum atomic E-state index is 6.48. The van der Waals surface area contributed by atoms with E-state index in [0.717, 1.165) is 17.9 Å². The van der Waals surface area contributed by atoms with Gasteiger partial charge in [0.1, 0.15) is 0 Å². The highest BCUT2D eigenvalue weighted by molar-refractivity contribution is 4.94. The summed E-state index contributed by atoms with van der Waals surface area (Å²) in [6.07, 6.45) is 8.01. The fourth-order valence-corrected chi connectivity index (χ4v) is 4.63. The van der Waals surface area contributed by atoms with Crippen molar-refractivity contribution in [1.82, 2.24) is 4.90 Å². The van der Waals surface area contributed by atoms with Gasteiger partial charge in [0.25, 0.3) is 0 Å². The summed E-state index contributed by atoms with van der Waals surface area (Å²) in [6, 6.07) is 1.74. The van der Waals surface area contributed by atoms with E-state index in [1.165, 1.54) is 38.5 Å². The standard InChI is InChI=1S/C17H34N2/c1-12-10-13(2)16(15(18)11-12)19(5)14-6-8-17(3,4)9-7-14/h12-16H,6-11,18H2,1-5H3. The molecule has 2 aliphatic rings. The minimum atomic E-state index is 0.374. The van der Waals surface area contributed by atoms with Crippen molar-refractivity contribution in [3.63, 3.8) is 0 Å². The van der Waals surface area contributed by atoms with E-state index in [0.29, 0.717) is 17.5 Å². The lowest BCUT2D eigenvalue weighted by Crippen LogP contribution is -2.57. The predicted molar refractivity (Wildman–Crippen MR) is 83.1 cm³/mol. The summed E-state index contributed by atoms with van der Waals surface area (Å²) in [4.78, 5) is 2.65. The van der Waals surface area contributed by atoms with Crippen molar-refractivity contribution < 1.29 is 0 Å². The van der Waals surface area contributed by atoms with E-state index >= 15 is 0 Å². The minimum absolute atomic E-state index is 0.374. The second-order valence-corrected chi connectivity index (χ2v) is 8.27. The Hall–Kier alpha value is -0.0800. The van der Waals surface area contributed by atoms with Gasteiger partial charge >= 0.3 is 0 Å². The molecule has 4 unspecified atom stereocenters. The van der Waals surface area contributed by atoms with Crippen LogP contribution in [0.5, 0.6) is 0 Å². The molecule has 0 aromatic heterocycles. The SMILES string of the molecule is CC1CC(C)C(N(C)C2CCC(C)(C)CC2)C(N)C1. The van der Waals surface area contributed by atoms with E-state index in [-0.39, 0.29) is 0 Å². The molecule has 2 fully saturated rings. The quantitative estimate of drug-likeness (QED) is 0.826. The smallest absolute Gasteiger partial charge is 0.0272 e. The fraction of sp³-hybridized carbons (Fsp3) is 1.00. The number of hydrogen-bond donors (Lipinski definition) is 1. The third-order valence-electron chi connectivity index (χ3n) is 5.83. The van der Waals surface area contributed by atoms with Crippen molar-refractivity contribution in [1.29, 1.82) is 0 Å². The Kier molecular flexibility index (Phi) is 4.62.